The van der Waals surface area contributed by atoms with Gasteiger partial charge in [-0.15, -0.1) is 0 Å². The van der Waals surface area contributed by atoms with Gasteiger partial charge in [0, 0.05) is 12.8 Å². The lowest BCUT2D eigenvalue weighted by Gasteiger charge is -2.35. The molecule has 112 valence electrons. The van der Waals surface area contributed by atoms with Crippen molar-refractivity contribution in [3.63, 3.8) is 0 Å². The molecule has 4 rings (SSSR count). The van der Waals surface area contributed by atoms with Crippen LogP contribution >= 0.6 is 15.9 Å². The van der Waals surface area contributed by atoms with Crippen molar-refractivity contribution in [2.45, 2.75) is 37.5 Å². The van der Waals surface area contributed by atoms with Crippen molar-refractivity contribution in [3.8, 4) is 0 Å². The van der Waals surface area contributed by atoms with E-state index in [1.54, 1.807) is 6.20 Å². The Hall–Kier alpha value is -1.18. The second-order valence-corrected chi connectivity index (χ2v) is 6.45. The fourth-order valence-corrected chi connectivity index (χ4v) is 4.02. The summed E-state index contributed by atoms with van der Waals surface area (Å²) in [5, 5.41) is 5.56. The summed E-state index contributed by atoms with van der Waals surface area (Å²) >= 11 is 3.51. The van der Waals surface area contributed by atoms with E-state index in [4.69, 9.17) is 15.2 Å². The molecule has 0 aromatic carbocycles. The Morgan fingerprint density at radius 2 is 1.95 bits per heavy atom. The first-order chi connectivity index (χ1) is 10.2. The van der Waals surface area contributed by atoms with Gasteiger partial charge in [0.15, 0.2) is 5.79 Å². The first-order valence-corrected chi connectivity index (χ1v) is 8.03. The highest BCUT2D eigenvalue weighted by molar-refractivity contribution is 9.10. The molecule has 0 bridgehead atoms. The Kier molecular flexibility index (Phi) is 3.16. The number of nitrogens with two attached hydrogens (primary N) is 1. The largest absolute Gasteiger partial charge is 0.397 e. The zero-order chi connectivity index (χ0) is 14.4. The Bertz CT molecular complexity index is 671. The van der Waals surface area contributed by atoms with Gasteiger partial charge >= 0.3 is 0 Å². The fourth-order valence-electron chi connectivity index (χ4n) is 3.41. The maximum absolute atomic E-state index is 6.01. The highest BCUT2D eigenvalue weighted by atomic mass is 79.9. The second kappa shape index (κ2) is 4.93. The zero-order valence-corrected chi connectivity index (χ0v) is 13.2. The van der Waals surface area contributed by atoms with Gasteiger partial charge in [-0.1, -0.05) is 0 Å². The Balaban J connectivity index is 1.64. The van der Waals surface area contributed by atoms with E-state index >= 15 is 0 Å². The number of halogens is 1. The molecule has 3 heterocycles. The minimum atomic E-state index is -0.339. The number of hydrogen-bond donors (Lipinski definition) is 1. The Labute approximate surface area is 130 Å². The molecule has 1 saturated heterocycles. The van der Waals surface area contributed by atoms with Crippen molar-refractivity contribution in [3.05, 3.63) is 17.0 Å². The quantitative estimate of drug-likeness (QED) is 0.853. The van der Waals surface area contributed by atoms with Crippen LogP contribution in [-0.4, -0.2) is 33.8 Å². The van der Waals surface area contributed by atoms with Gasteiger partial charge in [0.2, 0.25) is 0 Å². The van der Waals surface area contributed by atoms with Crippen LogP contribution in [0, 0.1) is 0 Å². The van der Waals surface area contributed by atoms with Crippen LogP contribution in [0.5, 0.6) is 0 Å². The first-order valence-electron chi connectivity index (χ1n) is 7.24. The van der Waals surface area contributed by atoms with Crippen molar-refractivity contribution in [2.75, 3.05) is 18.9 Å². The smallest absolute Gasteiger partial charge is 0.168 e. The number of hydrogen-bond acceptors (Lipinski definition) is 5. The van der Waals surface area contributed by atoms with E-state index in [0.717, 1.165) is 41.2 Å². The summed E-state index contributed by atoms with van der Waals surface area (Å²) in [6, 6.07) is 0.334. The number of ether oxygens (including phenoxy) is 2. The molecule has 0 unspecified atom stereocenters. The molecule has 2 aliphatic rings. The van der Waals surface area contributed by atoms with E-state index in [1.165, 1.54) is 0 Å². The maximum atomic E-state index is 6.01. The lowest BCUT2D eigenvalue weighted by Crippen LogP contribution is -2.36. The van der Waals surface area contributed by atoms with E-state index in [0.29, 0.717) is 24.9 Å². The van der Waals surface area contributed by atoms with Crippen LogP contribution in [0.1, 0.15) is 31.7 Å². The highest BCUT2D eigenvalue weighted by Crippen LogP contribution is 2.41. The Morgan fingerprint density at radius 3 is 2.67 bits per heavy atom. The van der Waals surface area contributed by atoms with Crippen LogP contribution in [-0.2, 0) is 9.47 Å². The highest BCUT2D eigenvalue weighted by Gasteiger charge is 2.41. The number of nitrogens with zero attached hydrogens (tertiary/aromatic N) is 3. The third-order valence-corrected chi connectivity index (χ3v) is 5.04. The summed E-state index contributed by atoms with van der Waals surface area (Å²) < 4.78 is 14.4. The van der Waals surface area contributed by atoms with Gasteiger partial charge in [0.1, 0.15) is 4.60 Å². The number of rotatable bonds is 1. The zero-order valence-electron chi connectivity index (χ0n) is 11.6. The molecule has 1 aliphatic heterocycles. The minimum absolute atomic E-state index is 0.334. The lowest BCUT2D eigenvalue weighted by atomic mass is 9.90. The van der Waals surface area contributed by atoms with Gasteiger partial charge in [-0.25, -0.2) is 0 Å². The van der Waals surface area contributed by atoms with Gasteiger partial charge in [0.25, 0.3) is 0 Å². The average Bonchev–Trinajstić information content (AvgIpc) is 3.07. The van der Waals surface area contributed by atoms with Gasteiger partial charge in [-0.3, -0.25) is 9.67 Å². The molecule has 21 heavy (non-hydrogen) atoms. The SMILES string of the molecule is Nc1cncc2c1c(Br)nn2C1CCC2(CC1)OCCO2. The molecule has 6 nitrogen and oxygen atoms in total. The number of fused-ring (bicyclic) bond motifs is 1. The van der Waals surface area contributed by atoms with E-state index < -0.39 is 0 Å². The molecule has 1 aliphatic carbocycles. The molecule has 2 aromatic rings. The summed E-state index contributed by atoms with van der Waals surface area (Å²) in [7, 11) is 0. The molecule has 1 spiro atoms. The van der Waals surface area contributed by atoms with E-state index in [1.807, 2.05) is 10.9 Å². The molecular formula is C14H17BrN4O2. The van der Waals surface area contributed by atoms with Crippen LogP contribution in [0.3, 0.4) is 0 Å². The molecule has 0 radical (unpaired) electrons. The van der Waals surface area contributed by atoms with Crippen molar-refractivity contribution in [2.24, 2.45) is 0 Å². The summed E-state index contributed by atoms with van der Waals surface area (Å²) in [6.07, 6.45) is 7.28. The molecule has 2 aromatic heterocycles. The number of anilines is 1. The summed E-state index contributed by atoms with van der Waals surface area (Å²) in [6.45, 7) is 1.42. The van der Waals surface area contributed by atoms with Crippen molar-refractivity contribution in [1.82, 2.24) is 14.8 Å². The van der Waals surface area contributed by atoms with E-state index in [-0.39, 0.29) is 5.79 Å². The van der Waals surface area contributed by atoms with Gasteiger partial charge < -0.3 is 15.2 Å². The lowest BCUT2D eigenvalue weighted by molar-refractivity contribution is -0.181. The van der Waals surface area contributed by atoms with Gasteiger partial charge in [0.05, 0.1) is 48.2 Å². The average molecular weight is 353 g/mol. The van der Waals surface area contributed by atoms with Crippen LogP contribution in [0.2, 0.25) is 0 Å². The van der Waals surface area contributed by atoms with Crippen molar-refractivity contribution >= 4 is 32.5 Å². The normalized spacial score (nSPS) is 22.3. The molecule has 0 atom stereocenters. The maximum Gasteiger partial charge on any atom is 0.168 e. The number of pyridine rings is 1. The first kappa shape index (κ1) is 13.5. The minimum Gasteiger partial charge on any atom is -0.397 e. The van der Waals surface area contributed by atoms with Crippen LogP contribution in [0.4, 0.5) is 5.69 Å². The fraction of sp³-hybridized carbons (Fsp3) is 0.571. The Morgan fingerprint density at radius 1 is 1.24 bits per heavy atom. The summed E-state index contributed by atoms with van der Waals surface area (Å²) in [4.78, 5) is 4.20. The van der Waals surface area contributed by atoms with Crippen LogP contribution in [0.25, 0.3) is 10.9 Å². The van der Waals surface area contributed by atoms with E-state index in [9.17, 15) is 0 Å². The molecule has 7 heteroatoms. The molecule has 1 saturated carbocycles. The molecular weight excluding hydrogens is 336 g/mol. The molecule has 2 N–H and O–H groups in total. The van der Waals surface area contributed by atoms with Crippen molar-refractivity contribution in [1.29, 1.82) is 0 Å². The van der Waals surface area contributed by atoms with Gasteiger partial charge in [-0.05, 0) is 28.8 Å². The third-order valence-electron chi connectivity index (χ3n) is 4.48. The van der Waals surface area contributed by atoms with Gasteiger partial charge in [-0.2, -0.15) is 5.10 Å². The predicted molar refractivity (Wildman–Crippen MR) is 81.8 cm³/mol. The third kappa shape index (κ3) is 2.15. The number of nitrogen functional groups attached to an aromatic ring is 1. The molecule has 0 amide bonds. The summed E-state index contributed by atoms with van der Waals surface area (Å²) in [5.41, 5.74) is 7.64. The van der Waals surface area contributed by atoms with Crippen molar-refractivity contribution < 1.29 is 9.47 Å². The second-order valence-electron chi connectivity index (χ2n) is 5.70. The standard InChI is InChI=1S/C14H17BrN4O2/c15-13-12-10(16)7-17-8-11(12)19(18-13)9-1-3-14(4-2-9)20-5-6-21-14/h7-9H,1-6,16H2. The van der Waals surface area contributed by atoms with Crippen LogP contribution < -0.4 is 5.73 Å². The summed E-state index contributed by atoms with van der Waals surface area (Å²) in [5.74, 6) is -0.339. The predicted octanol–water partition coefficient (Wildman–Crippen LogP) is 2.63. The topological polar surface area (TPSA) is 75.2 Å². The number of aromatic nitrogens is 3. The van der Waals surface area contributed by atoms with Crippen LogP contribution in [0.15, 0.2) is 17.0 Å². The van der Waals surface area contributed by atoms with E-state index in [2.05, 4.69) is 26.0 Å². The monoisotopic (exact) mass is 352 g/mol. The molecule has 2 fully saturated rings.